The maximum absolute atomic E-state index is 17.0. The van der Waals surface area contributed by atoms with Gasteiger partial charge in [0.1, 0.15) is 156 Å². The molecule has 9 heterocycles. The summed E-state index contributed by atoms with van der Waals surface area (Å²) in [6, 6.07) is 0.583. The molecule has 9 aliphatic heterocycles. The number of nitrogens with two attached hydrogens (primary N) is 1. The van der Waals surface area contributed by atoms with Gasteiger partial charge in [0.05, 0.1) is 29.9 Å². The number of aromatic hydroxyl groups is 4. The van der Waals surface area contributed by atoms with Gasteiger partial charge in [-0.25, -0.2) is 4.79 Å². The van der Waals surface area contributed by atoms with Crippen LogP contribution in [0.2, 0.25) is 10.0 Å². The Balaban J connectivity index is 1.04. The second-order valence-electron chi connectivity index (χ2n) is 32.3. The average Bonchev–Trinajstić information content (AvgIpc) is 0.760. The Morgan fingerprint density at radius 2 is 1.11 bits per heavy atom. The largest absolute Gasteiger partial charge is 0.508 e. The molecule has 7 aromatic carbocycles. The number of carboxylic acid groups (broad SMARTS) is 1. The number of aliphatic carboxylic acids is 1. The van der Waals surface area contributed by atoms with Crippen molar-refractivity contribution in [2.45, 2.75) is 199 Å². The van der Waals surface area contributed by atoms with Gasteiger partial charge in [-0.05, 0) is 120 Å². The molecule has 0 radical (unpaired) electrons. The summed E-state index contributed by atoms with van der Waals surface area (Å²) >= 11 is 14.7. The molecule has 0 spiro atoms. The number of allylic oxidation sites excluding steroid dienone is 2. The van der Waals surface area contributed by atoms with Gasteiger partial charge in [0.15, 0.2) is 35.3 Å². The number of hydrogen-bond acceptors (Lipinski definition) is 33. The van der Waals surface area contributed by atoms with E-state index in [4.69, 9.17) is 71.6 Å². The van der Waals surface area contributed by atoms with E-state index >= 15 is 24.0 Å². The molecule has 7 aromatic rings. The molecule has 0 aromatic heterocycles. The number of carboxylic acids is 1. The standard InChI is InChI=1S/C88H95Cl2N9O33/c1-3-4-5-6-7-8-9-13-59(108)94-67-73(113)70(110)57(32-101)129-87(67)132-78-54-26-39-27-55(78)126-52-19-16-37(25-47(52)90)76(131-86-66(92-34(2)103)72(112)69(109)56(31-100)128-86)68-84(121)98-65(85(122)123)45-29-41(105)30-53(127-88-75(115)74(114)71(111)58(33-102)130-88)60(45)44-24-36(15-17-49(44)106)62(81(118)99-68)96-83(120)64(39)97-82(119)63-38-22-40(104)28-42(23-38)124-77-43(11-10-12-50(77)107)61(91)80(117)93-48(79(116)95-63)21-35-14-18-51(125-54)46(89)20-35/h7-8,10-12,14-20,22-30,48,56-58,61-76,86-88,100-102,104-107,109-115H,3-6,9,13,21,31-33,91H2,1-2H3,(H,92,103)(H,93,117)(H,94,108)(H,95,116)(H,96,120)(H,97,119)(H,98,121)(H,99,118)(H,122,123). The molecule has 23 atom stereocenters. The Morgan fingerprint density at radius 1 is 0.523 bits per heavy atom. The number of unbranched alkanes of at least 4 members (excludes halogenated alkanes) is 3. The fourth-order valence-corrected chi connectivity index (χ4v) is 16.8. The van der Waals surface area contributed by atoms with Crippen molar-refractivity contribution in [2.75, 3.05) is 19.8 Å². The Morgan fingerprint density at radius 3 is 1.74 bits per heavy atom. The van der Waals surface area contributed by atoms with Crippen LogP contribution >= 0.6 is 23.2 Å². The number of aliphatic hydroxyl groups is 10. The molecule has 3 fully saturated rings. The molecular weight excluding hydrogens is 1780 g/mol. The zero-order chi connectivity index (χ0) is 94.7. The maximum atomic E-state index is 17.0. The number of para-hydroxylation sites is 1. The summed E-state index contributed by atoms with van der Waals surface area (Å²) in [5.74, 6) is -20.0. The smallest absolute Gasteiger partial charge is 0.330 e. The van der Waals surface area contributed by atoms with Crippen molar-refractivity contribution in [2.24, 2.45) is 5.73 Å². The van der Waals surface area contributed by atoms with Crippen LogP contribution in [0.3, 0.4) is 0 Å². The number of phenols is 4. The third-order valence-electron chi connectivity index (χ3n) is 23.1. The van der Waals surface area contributed by atoms with Gasteiger partial charge in [-0.1, -0.05) is 85.5 Å². The summed E-state index contributed by atoms with van der Waals surface area (Å²) in [4.78, 5) is 138. The molecule has 42 nitrogen and oxygen atoms in total. The Hall–Kier alpha value is -12.3. The molecule has 0 saturated carbocycles. The molecule has 25 N–H and O–H groups in total. The highest BCUT2D eigenvalue weighted by Crippen LogP contribution is 2.51. The van der Waals surface area contributed by atoms with Gasteiger partial charge < -0.3 is 167 Å². The second-order valence-corrected chi connectivity index (χ2v) is 33.1. The van der Waals surface area contributed by atoms with E-state index in [2.05, 4.69) is 42.5 Å². The minimum absolute atomic E-state index is 0.149. The zero-order valence-corrected chi connectivity index (χ0v) is 71.4. The Labute approximate surface area is 759 Å². The molecule has 3 saturated heterocycles. The lowest BCUT2D eigenvalue weighted by molar-refractivity contribution is -0.284. The molecule has 132 heavy (non-hydrogen) atoms. The number of aliphatic hydroxyl groups excluding tert-OH is 10. The average molecular weight is 1880 g/mol. The summed E-state index contributed by atoms with van der Waals surface area (Å²) in [6.45, 7) is -0.148. The molecule has 44 heteroatoms. The number of carbonyl (C=O) groups excluding carboxylic acids is 8. The third-order valence-corrected chi connectivity index (χ3v) is 23.7. The van der Waals surface area contributed by atoms with Gasteiger partial charge in [-0.15, -0.1) is 0 Å². The van der Waals surface area contributed by atoms with Crippen molar-refractivity contribution >= 4 is 76.4 Å². The Bertz CT molecular complexity index is 5600. The van der Waals surface area contributed by atoms with E-state index in [0.29, 0.717) is 6.42 Å². The molecule has 23 unspecified atom stereocenters. The number of carbonyl (C=O) groups is 9. The van der Waals surface area contributed by atoms with Gasteiger partial charge >= 0.3 is 5.97 Å². The summed E-state index contributed by atoms with van der Waals surface area (Å²) in [5.41, 5.74) is 2.61. The molecular formula is C88H95Cl2N9O33. The number of ether oxygens (including phenoxy) is 9. The first kappa shape index (κ1) is 95.8. The van der Waals surface area contributed by atoms with Crippen LogP contribution in [-0.2, 0) is 68.5 Å². The fourth-order valence-electron chi connectivity index (χ4n) is 16.3. The number of phenolic OH excluding ortho intramolecular Hbond substituents is 4. The molecule has 704 valence electrons. The van der Waals surface area contributed by atoms with Crippen LogP contribution in [0.15, 0.2) is 127 Å². The predicted octanol–water partition coefficient (Wildman–Crippen LogP) is 0.940. The zero-order valence-electron chi connectivity index (χ0n) is 69.9. The van der Waals surface area contributed by atoms with Gasteiger partial charge in [-0.2, -0.15) is 0 Å². The van der Waals surface area contributed by atoms with Crippen LogP contribution in [0, 0.1) is 0 Å². The highest BCUT2D eigenvalue weighted by Gasteiger charge is 2.52. The van der Waals surface area contributed by atoms with Crippen LogP contribution in [-0.4, -0.2) is 254 Å². The molecule has 8 amide bonds. The van der Waals surface area contributed by atoms with Gasteiger partial charge in [0, 0.05) is 54.2 Å². The SMILES string of the molecule is CCCCCC=CCCC(=O)NC1C(Oc2c3cc4cc2Oc2ccc(cc2Cl)C(OC2OC(CO)C(O)C(O)C2NC(C)=O)C2NC(=O)C(NC(=O)C4NC(=O)C4NC(=O)C(Cc5ccc(c(Cl)c5)O3)NC(=O)C(N)c3cccc(O)c3Oc3cc(O)cc4c3)c3ccc(O)c(c3)-c3c(OC4OC(CO)C(O)C(O)C4O)cc(O)cc3C(C(=O)O)NC2=O)OC(CO)C(O)C1O. The van der Waals surface area contributed by atoms with Crippen molar-refractivity contribution < 1.29 is 162 Å². The van der Waals surface area contributed by atoms with E-state index in [-0.39, 0.29) is 34.7 Å². The summed E-state index contributed by atoms with van der Waals surface area (Å²) in [5, 5.41) is 190. The second kappa shape index (κ2) is 40.8. The first-order chi connectivity index (χ1) is 63.0. The topological polar surface area (TPSA) is 662 Å². The lowest BCUT2D eigenvalue weighted by Gasteiger charge is -2.44. The van der Waals surface area contributed by atoms with Crippen LogP contribution in [0.1, 0.15) is 128 Å². The molecule has 0 aliphatic carbocycles. The third kappa shape index (κ3) is 20.5. The number of halogens is 2. The Kier molecular flexibility index (Phi) is 29.6. The lowest BCUT2D eigenvalue weighted by atomic mass is 9.89. The van der Waals surface area contributed by atoms with Crippen LogP contribution in [0.4, 0.5) is 0 Å². The number of rotatable bonds is 19. The van der Waals surface area contributed by atoms with Crippen LogP contribution in [0.25, 0.3) is 11.1 Å². The van der Waals surface area contributed by atoms with E-state index in [1.807, 2.05) is 13.0 Å². The first-order valence-electron chi connectivity index (χ1n) is 41.8. The first-order valence-corrected chi connectivity index (χ1v) is 42.5. The monoisotopic (exact) mass is 1880 g/mol. The van der Waals surface area contributed by atoms with Gasteiger partial charge in [0.25, 0.3) is 0 Å². The summed E-state index contributed by atoms with van der Waals surface area (Å²) in [7, 11) is 0. The van der Waals surface area contributed by atoms with Crippen molar-refractivity contribution in [1.29, 1.82) is 0 Å². The quantitative estimate of drug-likeness (QED) is 0.0396. The molecule has 9 aliphatic rings. The van der Waals surface area contributed by atoms with Gasteiger partial charge in [0.2, 0.25) is 65.6 Å². The minimum atomic E-state index is -2.59. The lowest BCUT2D eigenvalue weighted by Crippen LogP contribution is -2.65. The molecule has 16 rings (SSSR count). The summed E-state index contributed by atoms with van der Waals surface area (Å²) < 4.78 is 57.5. The van der Waals surface area contributed by atoms with Crippen molar-refractivity contribution in [3.05, 3.63) is 176 Å². The number of fused-ring (bicyclic) bond motifs is 13. The highest BCUT2D eigenvalue weighted by atomic mass is 35.5. The van der Waals surface area contributed by atoms with Crippen LogP contribution in [0.5, 0.6) is 69.0 Å². The van der Waals surface area contributed by atoms with Crippen LogP contribution < -0.4 is 72.0 Å². The van der Waals surface area contributed by atoms with Crippen molar-refractivity contribution in [3.63, 3.8) is 0 Å². The van der Waals surface area contributed by atoms with Gasteiger partial charge in [-0.3, -0.25) is 38.4 Å². The van der Waals surface area contributed by atoms with Crippen molar-refractivity contribution in [1.82, 2.24) is 42.5 Å². The predicted molar refractivity (Wildman–Crippen MR) is 453 cm³/mol. The minimum Gasteiger partial charge on any atom is -0.508 e. The van der Waals surface area contributed by atoms with E-state index in [1.54, 1.807) is 6.08 Å². The van der Waals surface area contributed by atoms with E-state index in [1.165, 1.54) is 36.4 Å². The number of hydrogen-bond donors (Lipinski definition) is 24. The number of nitrogens with one attached hydrogen (secondary N) is 8. The summed E-state index contributed by atoms with van der Waals surface area (Å²) in [6.07, 6.45) is -22.2. The maximum Gasteiger partial charge on any atom is 0.330 e. The number of benzene rings is 7. The normalized spacial score (nSPS) is 28.9. The van der Waals surface area contributed by atoms with E-state index in [0.717, 1.165) is 105 Å². The van der Waals surface area contributed by atoms with E-state index < -0.39 is 327 Å². The molecule has 15 bridgehead atoms. The number of amides is 8. The van der Waals surface area contributed by atoms with E-state index in [9.17, 15) is 95.8 Å². The highest BCUT2D eigenvalue weighted by molar-refractivity contribution is 6.32. The van der Waals surface area contributed by atoms with Crippen molar-refractivity contribution in [3.8, 4) is 80.1 Å². The fraction of sp³-hybridized carbons (Fsp3) is 0.398.